The van der Waals surface area contributed by atoms with Crippen LogP contribution >= 0.6 is 0 Å². The normalized spacial score (nSPS) is 13.2. The van der Waals surface area contributed by atoms with E-state index in [0.717, 1.165) is 19.3 Å². The van der Waals surface area contributed by atoms with Crippen molar-refractivity contribution in [3.63, 3.8) is 0 Å². The SMILES string of the molecule is CCCC[C@@H](CCO)CCN(C)C(=O)OC(C)(C)C. The first kappa shape index (κ1) is 18.2. The molecular weight excluding hydrogens is 242 g/mol. The fourth-order valence-electron chi connectivity index (χ4n) is 1.92. The van der Waals surface area contributed by atoms with Crippen LogP contribution in [-0.4, -0.2) is 41.9 Å². The molecule has 0 aromatic carbocycles. The monoisotopic (exact) mass is 273 g/mol. The van der Waals surface area contributed by atoms with Crippen molar-refractivity contribution in [3.05, 3.63) is 0 Å². The van der Waals surface area contributed by atoms with E-state index in [1.165, 1.54) is 12.8 Å². The fraction of sp³-hybridized carbons (Fsp3) is 0.933. The van der Waals surface area contributed by atoms with Gasteiger partial charge in [0.25, 0.3) is 0 Å². The Balaban J connectivity index is 4.08. The van der Waals surface area contributed by atoms with Crippen molar-refractivity contribution in [2.24, 2.45) is 5.92 Å². The number of ether oxygens (including phenoxy) is 1. The highest BCUT2D eigenvalue weighted by molar-refractivity contribution is 5.67. The second kappa shape index (κ2) is 9.18. The Morgan fingerprint density at radius 2 is 1.89 bits per heavy atom. The summed E-state index contributed by atoms with van der Waals surface area (Å²) in [5, 5.41) is 9.06. The summed E-state index contributed by atoms with van der Waals surface area (Å²) >= 11 is 0. The zero-order chi connectivity index (χ0) is 14.9. The van der Waals surface area contributed by atoms with Gasteiger partial charge in [-0.1, -0.05) is 26.2 Å². The predicted octanol–water partition coefficient (Wildman–Crippen LogP) is 3.43. The van der Waals surface area contributed by atoms with E-state index >= 15 is 0 Å². The van der Waals surface area contributed by atoms with E-state index in [2.05, 4.69) is 6.92 Å². The highest BCUT2D eigenvalue weighted by Crippen LogP contribution is 2.17. The number of carbonyl (C=O) groups is 1. The summed E-state index contributed by atoms with van der Waals surface area (Å²) in [6.45, 7) is 8.69. The molecule has 1 atom stereocenters. The Morgan fingerprint density at radius 1 is 1.26 bits per heavy atom. The average Bonchev–Trinajstić information content (AvgIpc) is 2.30. The summed E-state index contributed by atoms with van der Waals surface area (Å²) in [6, 6.07) is 0. The molecule has 0 aromatic rings. The Bertz CT molecular complexity index is 248. The van der Waals surface area contributed by atoms with Crippen LogP contribution in [0.1, 0.15) is 59.8 Å². The van der Waals surface area contributed by atoms with Crippen LogP contribution in [0.2, 0.25) is 0 Å². The second-order valence-corrected chi connectivity index (χ2v) is 6.21. The van der Waals surface area contributed by atoms with E-state index in [4.69, 9.17) is 9.84 Å². The summed E-state index contributed by atoms with van der Waals surface area (Å²) in [7, 11) is 1.77. The van der Waals surface area contributed by atoms with E-state index in [1.54, 1.807) is 11.9 Å². The highest BCUT2D eigenvalue weighted by atomic mass is 16.6. The van der Waals surface area contributed by atoms with Crippen molar-refractivity contribution in [2.45, 2.75) is 65.4 Å². The molecular formula is C15H31NO3. The van der Waals surface area contributed by atoms with Gasteiger partial charge in [0.05, 0.1) is 0 Å². The van der Waals surface area contributed by atoms with Crippen LogP contribution in [0.3, 0.4) is 0 Å². The van der Waals surface area contributed by atoms with Gasteiger partial charge in [-0.3, -0.25) is 0 Å². The number of unbranched alkanes of at least 4 members (excludes halogenated alkanes) is 1. The van der Waals surface area contributed by atoms with Crippen LogP contribution < -0.4 is 0 Å². The standard InChI is InChI=1S/C15H31NO3/c1-6-7-8-13(10-12-17)9-11-16(5)14(18)19-15(2,3)4/h13,17H,6-12H2,1-5H3/t13-/m1/s1. The lowest BCUT2D eigenvalue weighted by Gasteiger charge is -2.26. The first-order valence-corrected chi connectivity index (χ1v) is 7.35. The zero-order valence-corrected chi connectivity index (χ0v) is 13.2. The van der Waals surface area contributed by atoms with Gasteiger partial charge in [-0.25, -0.2) is 4.79 Å². The Kier molecular flexibility index (Phi) is 8.81. The molecule has 0 bridgehead atoms. The van der Waals surface area contributed by atoms with Crippen LogP contribution in [0.5, 0.6) is 0 Å². The number of aliphatic hydroxyl groups is 1. The molecule has 0 heterocycles. The third kappa shape index (κ3) is 9.77. The molecule has 0 fully saturated rings. The number of rotatable bonds is 8. The number of hydrogen-bond donors (Lipinski definition) is 1. The number of carbonyl (C=O) groups excluding carboxylic acids is 1. The molecule has 0 saturated heterocycles. The van der Waals surface area contributed by atoms with Crippen molar-refractivity contribution in [1.82, 2.24) is 4.90 Å². The van der Waals surface area contributed by atoms with Gasteiger partial charge >= 0.3 is 6.09 Å². The molecule has 4 nitrogen and oxygen atoms in total. The number of aliphatic hydroxyl groups excluding tert-OH is 1. The van der Waals surface area contributed by atoms with Gasteiger partial charge < -0.3 is 14.7 Å². The van der Waals surface area contributed by atoms with Gasteiger partial charge in [-0.05, 0) is 39.5 Å². The van der Waals surface area contributed by atoms with E-state index in [1.807, 2.05) is 20.8 Å². The quantitative estimate of drug-likeness (QED) is 0.737. The maximum atomic E-state index is 11.8. The number of nitrogens with zero attached hydrogens (tertiary/aromatic N) is 1. The van der Waals surface area contributed by atoms with Crippen molar-refractivity contribution < 1.29 is 14.6 Å². The molecule has 0 unspecified atom stereocenters. The highest BCUT2D eigenvalue weighted by Gasteiger charge is 2.20. The van der Waals surface area contributed by atoms with Crippen molar-refractivity contribution in [2.75, 3.05) is 20.2 Å². The first-order valence-electron chi connectivity index (χ1n) is 7.35. The minimum atomic E-state index is -0.446. The van der Waals surface area contributed by atoms with E-state index in [-0.39, 0.29) is 12.7 Å². The topological polar surface area (TPSA) is 49.8 Å². The smallest absolute Gasteiger partial charge is 0.410 e. The van der Waals surface area contributed by atoms with Crippen LogP contribution in [0.4, 0.5) is 4.79 Å². The molecule has 0 saturated carbocycles. The Morgan fingerprint density at radius 3 is 2.37 bits per heavy atom. The molecule has 1 amide bonds. The molecule has 0 rings (SSSR count). The summed E-state index contributed by atoms with van der Waals surface area (Å²) < 4.78 is 5.31. The van der Waals surface area contributed by atoms with Crippen LogP contribution in [0.15, 0.2) is 0 Å². The summed E-state index contributed by atoms with van der Waals surface area (Å²) in [5.74, 6) is 0.495. The lowest BCUT2D eigenvalue weighted by atomic mass is 9.95. The molecule has 0 radical (unpaired) electrons. The Labute approximate surface area is 118 Å². The fourth-order valence-corrected chi connectivity index (χ4v) is 1.92. The summed E-state index contributed by atoms with van der Waals surface area (Å²) in [4.78, 5) is 13.4. The number of amides is 1. The molecule has 0 aromatic heterocycles. The second-order valence-electron chi connectivity index (χ2n) is 6.21. The molecule has 0 aliphatic heterocycles. The van der Waals surface area contributed by atoms with Crippen LogP contribution in [0.25, 0.3) is 0 Å². The summed E-state index contributed by atoms with van der Waals surface area (Å²) in [5.41, 5.74) is -0.446. The van der Waals surface area contributed by atoms with Crippen LogP contribution in [-0.2, 0) is 4.74 Å². The molecule has 19 heavy (non-hydrogen) atoms. The maximum Gasteiger partial charge on any atom is 0.410 e. The third-order valence-electron chi connectivity index (χ3n) is 3.08. The van der Waals surface area contributed by atoms with Crippen molar-refractivity contribution in [1.29, 1.82) is 0 Å². The third-order valence-corrected chi connectivity index (χ3v) is 3.08. The molecule has 1 N–H and O–H groups in total. The van der Waals surface area contributed by atoms with E-state index in [0.29, 0.717) is 12.5 Å². The van der Waals surface area contributed by atoms with Gasteiger partial charge in [0.2, 0.25) is 0 Å². The molecule has 0 aliphatic rings. The Hall–Kier alpha value is -0.770. The van der Waals surface area contributed by atoms with Gasteiger partial charge in [0.15, 0.2) is 0 Å². The lowest BCUT2D eigenvalue weighted by molar-refractivity contribution is 0.0288. The molecule has 114 valence electrons. The minimum absolute atomic E-state index is 0.227. The zero-order valence-electron chi connectivity index (χ0n) is 13.2. The van der Waals surface area contributed by atoms with Gasteiger partial charge in [-0.2, -0.15) is 0 Å². The predicted molar refractivity (Wildman–Crippen MR) is 78.2 cm³/mol. The van der Waals surface area contributed by atoms with E-state index < -0.39 is 5.60 Å². The summed E-state index contributed by atoms with van der Waals surface area (Å²) in [6.07, 6.45) is 4.95. The molecule has 0 aliphatic carbocycles. The first-order chi connectivity index (χ1) is 8.80. The lowest BCUT2D eigenvalue weighted by Crippen LogP contribution is -2.35. The largest absolute Gasteiger partial charge is 0.444 e. The van der Waals surface area contributed by atoms with Crippen molar-refractivity contribution in [3.8, 4) is 0 Å². The van der Waals surface area contributed by atoms with Gasteiger partial charge in [0, 0.05) is 20.2 Å². The van der Waals surface area contributed by atoms with Gasteiger partial charge in [-0.15, -0.1) is 0 Å². The van der Waals surface area contributed by atoms with Crippen LogP contribution in [0, 0.1) is 5.92 Å². The van der Waals surface area contributed by atoms with Gasteiger partial charge in [0.1, 0.15) is 5.60 Å². The minimum Gasteiger partial charge on any atom is -0.444 e. The van der Waals surface area contributed by atoms with E-state index in [9.17, 15) is 4.79 Å². The number of hydrogen-bond acceptors (Lipinski definition) is 3. The molecule has 4 heteroatoms. The van der Waals surface area contributed by atoms with Crippen molar-refractivity contribution >= 4 is 6.09 Å². The average molecular weight is 273 g/mol. The molecule has 0 spiro atoms. The maximum absolute atomic E-state index is 11.8.